The molecule has 0 aliphatic carbocycles. The van der Waals surface area contributed by atoms with Gasteiger partial charge >= 0.3 is 0 Å². The third-order valence-corrected chi connectivity index (χ3v) is 5.24. The number of ketones is 1. The minimum atomic E-state index is -0.454. The zero-order valence-corrected chi connectivity index (χ0v) is 19.3. The van der Waals surface area contributed by atoms with E-state index < -0.39 is 5.91 Å². The molecule has 34 heavy (non-hydrogen) atoms. The first-order chi connectivity index (χ1) is 16.3. The highest BCUT2D eigenvalue weighted by molar-refractivity contribution is 5.98. The van der Waals surface area contributed by atoms with Crippen molar-refractivity contribution in [2.24, 2.45) is 5.73 Å². The van der Waals surface area contributed by atoms with Gasteiger partial charge in [-0.25, -0.2) is 9.37 Å². The van der Waals surface area contributed by atoms with Crippen molar-refractivity contribution in [3.05, 3.63) is 94.8 Å². The number of hydrogen-bond donors (Lipinski definition) is 2. The minimum Gasteiger partial charge on any atom is -0.347 e. The summed E-state index contributed by atoms with van der Waals surface area (Å²) < 4.78 is 14.5. The average molecular weight is 463 g/mol. The summed E-state index contributed by atoms with van der Waals surface area (Å²) in [5.41, 5.74) is 8.38. The second kappa shape index (κ2) is 11.2. The molecular formula is C25H27FN6O2. The third-order valence-electron chi connectivity index (χ3n) is 5.24. The lowest BCUT2D eigenvalue weighted by molar-refractivity contribution is 0.0946. The molecule has 0 saturated carbocycles. The minimum absolute atomic E-state index is 0.0690. The number of aromatic nitrogens is 4. The van der Waals surface area contributed by atoms with Gasteiger partial charge in [-0.1, -0.05) is 49.4 Å². The number of fused-ring (bicyclic) bond motifs is 1. The van der Waals surface area contributed by atoms with Gasteiger partial charge in [0.05, 0.1) is 0 Å². The van der Waals surface area contributed by atoms with Crippen LogP contribution in [0.1, 0.15) is 57.4 Å². The molecule has 0 aliphatic heterocycles. The highest BCUT2D eigenvalue weighted by Crippen LogP contribution is 2.12. The molecule has 2 aromatic heterocycles. The molecule has 2 aromatic carbocycles. The second-order valence-corrected chi connectivity index (χ2v) is 7.87. The normalized spacial score (nSPS) is 11.4. The number of rotatable bonds is 6. The summed E-state index contributed by atoms with van der Waals surface area (Å²) >= 11 is 0. The van der Waals surface area contributed by atoms with Gasteiger partial charge in [-0.15, -0.1) is 0 Å². The SMILES string of the molecule is CC(=O)c1cc(C(=O)NCc2ccc(F)c(C)c2)nc2ncnn12.C[C@H](CN)c1ccccc1. The lowest BCUT2D eigenvalue weighted by Gasteiger charge is -2.07. The number of nitrogens with two attached hydrogens (primary N) is 1. The van der Waals surface area contributed by atoms with Crippen LogP contribution in [-0.4, -0.2) is 37.8 Å². The van der Waals surface area contributed by atoms with E-state index in [2.05, 4.69) is 39.4 Å². The number of amides is 1. The number of hydrogen-bond acceptors (Lipinski definition) is 6. The van der Waals surface area contributed by atoms with E-state index in [9.17, 15) is 14.0 Å². The van der Waals surface area contributed by atoms with E-state index in [1.165, 1.54) is 35.5 Å². The van der Waals surface area contributed by atoms with Gasteiger partial charge in [0.25, 0.3) is 11.7 Å². The number of nitrogens with zero attached hydrogens (tertiary/aromatic N) is 4. The Morgan fingerprint density at radius 2 is 1.88 bits per heavy atom. The molecule has 9 heteroatoms. The van der Waals surface area contributed by atoms with E-state index in [-0.39, 0.29) is 35.3 Å². The lowest BCUT2D eigenvalue weighted by Crippen LogP contribution is -2.25. The van der Waals surface area contributed by atoms with Crippen molar-refractivity contribution < 1.29 is 14.0 Å². The van der Waals surface area contributed by atoms with Crippen LogP contribution in [0.4, 0.5) is 4.39 Å². The summed E-state index contributed by atoms with van der Waals surface area (Å²) in [6.45, 7) is 6.11. The second-order valence-electron chi connectivity index (χ2n) is 7.87. The van der Waals surface area contributed by atoms with Gasteiger partial charge in [-0.3, -0.25) is 9.59 Å². The van der Waals surface area contributed by atoms with Crippen LogP contribution in [0.2, 0.25) is 0 Å². The molecule has 1 atom stereocenters. The Labute approximate surface area is 197 Å². The Hall–Kier alpha value is -3.98. The van der Waals surface area contributed by atoms with Gasteiger partial charge in [-0.2, -0.15) is 14.6 Å². The summed E-state index contributed by atoms with van der Waals surface area (Å²) in [5, 5.41) is 6.60. The Bertz CT molecular complexity index is 1290. The third kappa shape index (κ3) is 6.08. The number of Topliss-reactive ketones (excluding diaryl/α,β-unsaturated/α-hetero) is 1. The number of benzene rings is 2. The number of nitrogens with one attached hydrogen (secondary N) is 1. The van der Waals surface area contributed by atoms with E-state index in [0.717, 1.165) is 12.1 Å². The molecule has 2 heterocycles. The monoisotopic (exact) mass is 462 g/mol. The van der Waals surface area contributed by atoms with Crippen LogP contribution < -0.4 is 11.1 Å². The van der Waals surface area contributed by atoms with Gasteiger partial charge in [0, 0.05) is 13.5 Å². The van der Waals surface area contributed by atoms with Crippen molar-refractivity contribution in [2.75, 3.05) is 6.54 Å². The van der Waals surface area contributed by atoms with E-state index in [1.54, 1.807) is 19.1 Å². The molecule has 176 valence electrons. The number of carbonyl (C=O) groups excluding carboxylic acids is 2. The first kappa shape index (κ1) is 24.7. The summed E-state index contributed by atoms with van der Waals surface area (Å²) in [6, 6.07) is 16.3. The maximum absolute atomic E-state index is 13.3. The van der Waals surface area contributed by atoms with Gasteiger partial charge < -0.3 is 11.1 Å². The van der Waals surface area contributed by atoms with Crippen LogP contribution in [0.3, 0.4) is 0 Å². The first-order valence-electron chi connectivity index (χ1n) is 10.8. The highest BCUT2D eigenvalue weighted by atomic mass is 19.1. The molecule has 4 rings (SSSR count). The standard InChI is InChI=1S/C16H14FN5O2.C9H13N/c1-9-5-11(3-4-12(9)17)7-18-15(24)13-6-14(10(2)23)22-16(21-13)19-8-20-22;1-8(7-10)9-5-3-2-4-6-9/h3-6,8H,7H2,1-2H3,(H,18,24);2-6,8H,7,10H2,1H3/t;8-/m.1/s1. The maximum Gasteiger partial charge on any atom is 0.270 e. The Balaban J connectivity index is 0.000000271. The van der Waals surface area contributed by atoms with Crippen molar-refractivity contribution in [1.29, 1.82) is 0 Å². The molecule has 0 unspecified atom stereocenters. The zero-order chi connectivity index (χ0) is 24.7. The van der Waals surface area contributed by atoms with E-state index in [4.69, 9.17) is 5.73 Å². The first-order valence-corrected chi connectivity index (χ1v) is 10.8. The Morgan fingerprint density at radius 3 is 2.53 bits per heavy atom. The molecular weight excluding hydrogens is 435 g/mol. The Morgan fingerprint density at radius 1 is 1.15 bits per heavy atom. The highest BCUT2D eigenvalue weighted by Gasteiger charge is 2.15. The van der Waals surface area contributed by atoms with Crippen molar-refractivity contribution in [3.8, 4) is 0 Å². The van der Waals surface area contributed by atoms with Crippen molar-refractivity contribution in [2.45, 2.75) is 33.2 Å². The summed E-state index contributed by atoms with van der Waals surface area (Å²) in [7, 11) is 0. The van der Waals surface area contributed by atoms with Crippen molar-refractivity contribution in [3.63, 3.8) is 0 Å². The predicted molar refractivity (Wildman–Crippen MR) is 127 cm³/mol. The van der Waals surface area contributed by atoms with Gasteiger partial charge in [0.1, 0.15) is 23.5 Å². The van der Waals surface area contributed by atoms with E-state index in [1.807, 2.05) is 18.2 Å². The van der Waals surface area contributed by atoms with Crippen LogP contribution >= 0.6 is 0 Å². The molecule has 0 aliphatic rings. The molecule has 0 bridgehead atoms. The van der Waals surface area contributed by atoms with Crippen LogP contribution in [-0.2, 0) is 6.54 Å². The fourth-order valence-corrected chi connectivity index (χ4v) is 3.19. The van der Waals surface area contributed by atoms with Gasteiger partial charge in [0.2, 0.25) is 0 Å². The average Bonchev–Trinajstić information content (AvgIpc) is 3.33. The molecule has 0 radical (unpaired) electrons. The van der Waals surface area contributed by atoms with Gasteiger partial charge in [0.15, 0.2) is 5.78 Å². The van der Waals surface area contributed by atoms with Crippen LogP contribution in [0.5, 0.6) is 0 Å². The quantitative estimate of drug-likeness (QED) is 0.424. The number of carbonyl (C=O) groups is 2. The summed E-state index contributed by atoms with van der Waals surface area (Å²) in [6.07, 6.45) is 1.26. The number of aryl methyl sites for hydroxylation is 1. The molecule has 0 spiro atoms. The van der Waals surface area contributed by atoms with Crippen LogP contribution in [0, 0.1) is 12.7 Å². The maximum atomic E-state index is 13.3. The van der Waals surface area contributed by atoms with Crippen molar-refractivity contribution >= 4 is 17.5 Å². The largest absolute Gasteiger partial charge is 0.347 e. The molecule has 3 N–H and O–H groups in total. The smallest absolute Gasteiger partial charge is 0.270 e. The molecule has 0 saturated heterocycles. The zero-order valence-electron chi connectivity index (χ0n) is 19.3. The fourth-order valence-electron chi connectivity index (χ4n) is 3.19. The summed E-state index contributed by atoms with van der Waals surface area (Å²) in [5.74, 6) is -0.345. The van der Waals surface area contributed by atoms with E-state index in [0.29, 0.717) is 11.5 Å². The predicted octanol–water partition coefficient (Wildman–Crippen LogP) is 3.45. The van der Waals surface area contributed by atoms with E-state index >= 15 is 0 Å². The van der Waals surface area contributed by atoms with Crippen molar-refractivity contribution in [1.82, 2.24) is 24.9 Å². The van der Waals surface area contributed by atoms with Crippen LogP contribution in [0.25, 0.3) is 5.78 Å². The lowest BCUT2D eigenvalue weighted by atomic mass is 10.0. The molecule has 8 nitrogen and oxygen atoms in total. The Kier molecular flexibility index (Phi) is 8.15. The topological polar surface area (TPSA) is 115 Å². The van der Waals surface area contributed by atoms with Crippen LogP contribution in [0.15, 0.2) is 60.9 Å². The fraction of sp³-hybridized carbons (Fsp3) is 0.240. The van der Waals surface area contributed by atoms with Gasteiger partial charge in [-0.05, 0) is 48.2 Å². The number of halogens is 1. The molecule has 4 aromatic rings. The molecule has 1 amide bonds. The summed E-state index contributed by atoms with van der Waals surface area (Å²) in [4.78, 5) is 32.0. The molecule has 0 fully saturated rings.